The van der Waals surface area contributed by atoms with Crippen LogP contribution in [0.25, 0.3) is 0 Å². The van der Waals surface area contributed by atoms with E-state index in [-0.39, 0.29) is 10.8 Å². The van der Waals surface area contributed by atoms with Crippen molar-refractivity contribution in [1.82, 2.24) is 10.2 Å². The topological polar surface area (TPSA) is 78.8 Å². The number of carbonyl (C=O) groups excluding carboxylic acids is 1. The first kappa shape index (κ1) is 17.7. The number of amides is 1. The molecule has 2 aliphatic heterocycles. The third-order valence-corrected chi connectivity index (χ3v) is 7.52. The number of nitrogens with one attached hydrogen (secondary N) is 1. The average molecular weight is 454 g/mol. The van der Waals surface area contributed by atoms with Crippen LogP contribution in [0.4, 0.5) is 0 Å². The second kappa shape index (κ2) is 6.79. The van der Waals surface area contributed by atoms with Crippen LogP contribution in [-0.4, -0.2) is 37.6 Å². The first-order valence-electron chi connectivity index (χ1n) is 8.17. The Morgan fingerprint density at radius 1 is 1.38 bits per heavy atom. The van der Waals surface area contributed by atoms with Crippen molar-refractivity contribution in [3.63, 3.8) is 0 Å². The standard InChI is InChI=1S/C17H16BrN3O3S2/c18-11-8-12(25-10-11)9-19-17(22)14-5-3-7-21(14)16-13-4-1-2-6-15(13)26(23,24)20-16/h1-2,4,6,8,10,14H,3,5,7,9H2,(H,19,22)/t14-/m0/s1. The van der Waals surface area contributed by atoms with Crippen molar-refractivity contribution in [3.8, 4) is 0 Å². The Morgan fingerprint density at radius 2 is 2.19 bits per heavy atom. The molecule has 1 atom stereocenters. The van der Waals surface area contributed by atoms with Gasteiger partial charge < -0.3 is 10.2 Å². The highest BCUT2D eigenvalue weighted by atomic mass is 79.9. The normalized spacial score (nSPS) is 20.7. The fourth-order valence-corrected chi connectivity index (χ4v) is 5.93. The Labute approximate surface area is 164 Å². The van der Waals surface area contributed by atoms with E-state index in [0.29, 0.717) is 30.9 Å². The molecule has 9 heteroatoms. The van der Waals surface area contributed by atoms with Crippen LogP contribution in [0.5, 0.6) is 0 Å². The summed E-state index contributed by atoms with van der Waals surface area (Å²) < 4.78 is 29.5. The molecule has 26 heavy (non-hydrogen) atoms. The van der Waals surface area contributed by atoms with Crippen LogP contribution < -0.4 is 5.32 Å². The second-order valence-corrected chi connectivity index (χ2v) is 9.67. The van der Waals surface area contributed by atoms with Gasteiger partial charge in [-0.25, -0.2) is 0 Å². The van der Waals surface area contributed by atoms with Gasteiger partial charge in [0, 0.05) is 26.8 Å². The Hall–Kier alpha value is -1.71. The van der Waals surface area contributed by atoms with Crippen LogP contribution in [-0.2, 0) is 21.4 Å². The van der Waals surface area contributed by atoms with E-state index < -0.39 is 16.1 Å². The van der Waals surface area contributed by atoms with E-state index in [1.54, 1.807) is 35.6 Å². The van der Waals surface area contributed by atoms with Gasteiger partial charge in [-0.15, -0.1) is 15.7 Å². The molecule has 3 heterocycles. The highest BCUT2D eigenvalue weighted by Crippen LogP contribution is 2.31. The van der Waals surface area contributed by atoms with E-state index in [0.717, 1.165) is 15.8 Å². The van der Waals surface area contributed by atoms with E-state index in [1.165, 1.54) is 0 Å². The van der Waals surface area contributed by atoms with Gasteiger partial charge >= 0.3 is 0 Å². The van der Waals surface area contributed by atoms with Gasteiger partial charge in [-0.1, -0.05) is 12.1 Å². The molecule has 2 aliphatic rings. The summed E-state index contributed by atoms with van der Waals surface area (Å²) >= 11 is 4.97. The van der Waals surface area contributed by atoms with Gasteiger partial charge in [0.05, 0.1) is 6.54 Å². The van der Waals surface area contributed by atoms with Crippen LogP contribution in [0, 0.1) is 0 Å². The van der Waals surface area contributed by atoms with E-state index in [2.05, 4.69) is 25.6 Å². The van der Waals surface area contributed by atoms with Gasteiger partial charge in [-0.05, 0) is 47.0 Å². The number of halogens is 1. The number of rotatable bonds is 3. The number of thiophene rings is 1. The second-order valence-electron chi connectivity index (χ2n) is 6.19. The maximum atomic E-state index is 12.7. The summed E-state index contributed by atoms with van der Waals surface area (Å²) in [5.74, 6) is 0.286. The largest absolute Gasteiger partial charge is 0.349 e. The number of benzene rings is 1. The minimum absolute atomic E-state index is 0.100. The molecule has 1 aromatic carbocycles. The van der Waals surface area contributed by atoms with Crippen molar-refractivity contribution in [1.29, 1.82) is 0 Å². The lowest BCUT2D eigenvalue weighted by Gasteiger charge is -2.25. The number of hydrogen-bond acceptors (Lipinski definition) is 5. The number of nitrogens with zero attached hydrogens (tertiary/aromatic N) is 2. The molecular formula is C17H16BrN3O3S2. The molecular weight excluding hydrogens is 438 g/mol. The minimum Gasteiger partial charge on any atom is -0.349 e. The van der Waals surface area contributed by atoms with Crippen LogP contribution in [0.1, 0.15) is 23.3 Å². The number of sulfonamides is 1. The van der Waals surface area contributed by atoms with Gasteiger partial charge in [0.1, 0.15) is 10.9 Å². The molecule has 0 aliphatic carbocycles. The van der Waals surface area contributed by atoms with Crippen molar-refractivity contribution in [2.75, 3.05) is 6.54 Å². The van der Waals surface area contributed by atoms with E-state index in [4.69, 9.17) is 0 Å². The van der Waals surface area contributed by atoms with Crippen molar-refractivity contribution in [3.05, 3.63) is 50.6 Å². The third kappa shape index (κ3) is 3.19. The molecule has 1 N–H and O–H groups in total. The number of fused-ring (bicyclic) bond motifs is 1. The molecule has 2 aromatic rings. The molecule has 1 amide bonds. The molecule has 136 valence electrons. The van der Waals surface area contributed by atoms with E-state index in [1.807, 2.05) is 16.3 Å². The fraction of sp³-hybridized carbons (Fsp3) is 0.294. The number of likely N-dealkylation sites (tertiary alicyclic amines) is 1. The van der Waals surface area contributed by atoms with Gasteiger partial charge in [0.25, 0.3) is 10.0 Å². The first-order valence-corrected chi connectivity index (χ1v) is 11.3. The zero-order valence-electron chi connectivity index (χ0n) is 13.7. The fourth-order valence-electron chi connectivity index (χ4n) is 3.33. The predicted molar refractivity (Wildman–Crippen MR) is 104 cm³/mol. The molecule has 1 saturated heterocycles. The molecule has 4 rings (SSSR count). The third-order valence-electron chi connectivity index (χ3n) is 4.50. The number of carbonyl (C=O) groups is 1. The number of amidine groups is 1. The lowest BCUT2D eigenvalue weighted by Crippen LogP contribution is -2.45. The van der Waals surface area contributed by atoms with Crippen molar-refractivity contribution >= 4 is 49.0 Å². The van der Waals surface area contributed by atoms with Crippen LogP contribution in [0.3, 0.4) is 0 Å². The summed E-state index contributed by atoms with van der Waals surface area (Å²) in [5.41, 5.74) is 0.578. The van der Waals surface area contributed by atoms with E-state index >= 15 is 0 Å². The molecule has 0 saturated carbocycles. The Morgan fingerprint density at radius 3 is 2.96 bits per heavy atom. The Kier molecular flexibility index (Phi) is 4.62. The van der Waals surface area contributed by atoms with Crippen LogP contribution in [0.2, 0.25) is 0 Å². The summed E-state index contributed by atoms with van der Waals surface area (Å²) in [6, 6.07) is 8.34. The highest BCUT2D eigenvalue weighted by molar-refractivity contribution is 9.10. The predicted octanol–water partition coefficient (Wildman–Crippen LogP) is 2.74. The highest BCUT2D eigenvalue weighted by Gasteiger charge is 2.39. The molecule has 0 bridgehead atoms. The van der Waals surface area contributed by atoms with Crippen molar-refractivity contribution in [2.24, 2.45) is 4.40 Å². The summed E-state index contributed by atoms with van der Waals surface area (Å²) in [4.78, 5) is 15.8. The minimum atomic E-state index is -3.68. The van der Waals surface area contributed by atoms with Crippen molar-refractivity contribution in [2.45, 2.75) is 30.3 Å². The molecule has 6 nitrogen and oxygen atoms in total. The lowest BCUT2D eigenvalue weighted by atomic mass is 10.1. The zero-order chi connectivity index (χ0) is 18.3. The maximum absolute atomic E-state index is 12.7. The SMILES string of the molecule is O=C(NCc1cc(Br)cs1)[C@@H]1CCCN1C1=NS(=O)(=O)c2ccccc21. The van der Waals surface area contributed by atoms with Crippen LogP contribution >= 0.6 is 27.3 Å². The Balaban J connectivity index is 1.55. The summed E-state index contributed by atoms with van der Waals surface area (Å²) in [7, 11) is -3.68. The smallest absolute Gasteiger partial charge is 0.285 e. The molecule has 0 unspecified atom stereocenters. The molecule has 1 fully saturated rings. The van der Waals surface area contributed by atoms with Gasteiger partial charge in [0.2, 0.25) is 5.91 Å². The van der Waals surface area contributed by atoms with Gasteiger partial charge in [-0.2, -0.15) is 8.42 Å². The molecule has 1 aromatic heterocycles. The average Bonchev–Trinajstić information content (AvgIpc) is 3.31. The van der Waals surface area contributed by atoms with Gasteiger partial charge in [0.15, 0.2) is 5.84 Å². The molecule has 0 spiro atoms. The first-order chi connectivity index (χ1) is 12.5. The van der Waals surface area contributed by atoms with Crippen LogP contribution in [0.15, 0.2) is 49.5 Å². The lowest BCUT2D eigenvalue weighted by molar-refractivity contribution is -0.124. The van der Waals surface area contributed by atoms with Gasteiger partial charge in [-0.3, -0.25) is 4.79 Å². The Bertz CT molecular complexity index is 1000. The monoisotopic (exact) mass is 453 g/mol. The van der Waals surface area contributed by atoms with E-state index in [9.17, 15) is 13.2 Å². The van der Waals surface area contributed by atoms with Crippen molar-refractivity contribution < 1.29 is 13.2 Å². The summed E-state index contributed by atoms with van der Waals surface area (Å²) in [6.45, 7) is 1.08. The summed E-state index contributed by atoms with van der Waals surface area (Å²) in [5, 5.41) is 4.93. The zero-order valence-corrected chi connectivity index (χ0v) is 16.9. The summed E-state index contributed by atoms with van der Waals surface area (Å²) in [6.07, 6.45) is 1.51. The number of hydrogen-bond donors (Lipinski definition) is 1. The quantitative estimate of drug-likeness (QED) is 0.774. The maximum Gasteiger partial charge on any atom is 0.285 e. The molecule has 0 radical (unpaired) electrons.